The van der Waals surface area contributed by atoms with Crippen LogP contribution in [0.15, 0.2) is 0 Å². The van der Waals surface area contributed by atoms with Crippen molar-refractivity contribution >= 4 is 28.2 Å². The standard InChI is InChI=1S/C15H15N3O2S/c16-6-11-10-3-4-17-7-12(10)21-15(11)18-13(19)8-1-2-9(5-8)14(18)20/h8-9,17H,1-5,7H2. The van der Waals surface area contributed by atoms with Gasteiger partial charge in [-0.15, -0.1) is 11.3 Å². The summed E-state index contributed by atoms with van der Waals surface area (Å²) in [6.45, 7) is 1.56. The van der Waals surface area contributed by atoms with Gasteiger partial charge in [-0.05, 0) is 37.8 Å². The van der Waals surface area contributed by atoms with Crippen LogP contribution in [-0.4, -0.2) is 18.4 Å². The summed E-state index contributed by atoms with van der Waals surface area (Å²) in [5.41, 5.74) is 1.56. The van der Waals surface area contributed by atoms with E-state index in [0.29, 0.717) is 17.0 Å². The number of carbonyl (C=O) groups excluding carboxylic acids is 2. The van der Waals surface area contributed by atoms with E-state index >= 15 is 0 Å². The van der Waals surface area contributed by atoms with Crippen molar-refractivity contribution in [2.24, 2.45) is 11.8 Å². The number of nitrogens with one attached hydrogen (secondary N) is 1. The normalized spacial score (nSPS) is 27.7. The molecular weight excluding hydrogens is 286 g/mol. The quantitative estimate of drug-likeness (QED) is 0.799. The second-order valence-corrected chi connectivity index (χ2v) is 7.02. The van der Waals surface area contributed by atoms with E-state index in [1.165, 1.54) is 16.2 Å². The summed E-state index contributed by atoms with van der Waals surface area (Å²) in [5, 5.41) is 13.3. The summed E-state index contributed by atoms with van der Waals surface area (Å²) in [6.07, 6.45) is 3.10. The molecule has 1 aliphatic carbocycles. The van der Waals surface area contributed by atoms with Crippen LogP contribution in [-0.2, 0) is 22.6 Å². The van der Waals surface area contributed by atoms with Crippen molar-refractivity contribution in [1.82, 2.24) is 5.32 Å². The summed E-state index contributed by atoms with van der Waals surface area (Å²) in [5.74, 6) is -0.262. The third kappa shape index (κ3) is 1.78. The first kappa shape index (κ1) is 13.0. The van der Waals surface area contributed by atoms with E-state index in [4.69, 9.17) is 0 Å². The molecule has 0 spiro atoms. The van der Waals surface area contributed by atoms with Gasteiger partial charge in [0.1, 0.15) is 11.1 Å². The molecule has 0 radical (unpaired) electrons. The first-order valence-corrected chi connectivity index (χ1v) is 8.15. The molecule has 3 heterocycles. The van der Waals surface area contributed by atoms with Gasteiger partial charge in [-0.2, -0.15) is 5.26 Å². The lowest BCUT2D eigenvalue weighted by Gasteiger charge is -2.28. The minimum Gasteiger partial charge on any atom is -0.312 e. The Labute approximate surface area is 126 Å². The molecule has 2 atom stereocenters. The van der Waals surface area contributed by atoms with Crippen molar-refractivity contribution in [1.29, 1.82) is 5.26 Å². The first-order chi connectivity index (χ1) is 10.2. The molecule has 0 aromatic carbocycles. The number of amides is 2. The molecule has 1 N–H and O–H groups in total. The lowest BCUT2D eigenvalue weighted by atomic mass is 9.96. The molecule has 2 fully saturated rings. The highest BCUT2D eigenvalue weighted by atomic mass is 32.1. The van der Waals surface area contributed by atoms with Crippen LogP contribution in [0.1, 0.15) is 35.3 Å². The molecule has 108 valence electrons. The zero-order chi connectivity index (χ0) is 14.6. The Bertz CT molecular complexity index is 666. The predicted octanol–water partition coefficient (Wildman–Crippen LogP) is 1.55. The van der Waals surface area contributed by atoms with Crippen molar-refractivity contribution in [2.45, 2.75) is 32.2 Å². The second-order valence-electron chi connectivity index (χ2n) is 5.94. The van der Waals surface area contributed by atoms with Crippen LogP contribution in [0.3, 0.4) is 0 Å². The van der Waals surface area contributed by atoms with E-state index in [0.717, 1.165) is 42.8 Å². The van der Waals surface area contributed by atoms with Gasteiger partial charge in [0.15, 0.2) is 0 Å². The number of hydrogen-bond acceptors (Lipinski definition) is 5. The largest absolute Gasteiger partial charge is 0.312 e. The van der Waals surface area contributed by atoms with Gasteiger partial charge in [0.2, 0.25) is 11.8 Å². The number of nitrogens with zero attached hydrogens (tertiary/aromatic N) is 2. The Morgan fingerprint density at radius 3 is 2.62 bits per heavy atom. The Morgan fingerprint density at radius 1 is 1.24 bits per heavy atom. The van der Waals surface area contributed by atoms with Crippen LogP contribution in [0.25, 0.3) is 0 Å². The lowest BCUT2D eigenvalue weighted by Crippen LogP contribution is -2.46. The molecular formula is C15H15N3O2S. The van der Waals surface area contributed by atoms with Gasteiger partial charge in [-0.3, -0.25) is 9.59 Å². The van der Waals surface area contributed by atoms with E-state index in [1.54, 1.807) is 0 Å². The van der Waals surface area contributed by atoms with E-state index in [1.807, 2.05) is 0 Å². The summed E-state index contributed by atoms with van der Waals surface area (Å²) in [7, 11) is 0. The average Bonchev–Trinajstić information content (AvgIpc) is 3.09. The molecule has 1 aromatic rings. The van der Waals surface area contributed by atoms with Crippen molar-refractivity contribution < 1.29 is 9.59 Å². The number of nitriles is 1. The number of thiophene rings is 1. The summed E-state index contributed by atoms with van der Waals surface area (Å²) >= 11 is 1.43. The molecule has 2 amide bonds. The van der Waals surface area contributed by atoms with Crippen molar-refractivity contribution in [3.8, 4) is 6.07 Å². The Kier molecular flexibility index (Phi) is 2.88. The number of rotatable bonds is 1. The molecule has 1 saturated carbocycles. The van der Waals surface area contributed by atoms with Crippen LogP contribution in [0.4, 0.5) is 5.00 Å². The molecule has 5 nitrogen and oxygen atoms in total. The summed E-state index contributed by atoms with van der Waals surface area (Å²) in [4.78, 5) is 27.5. The zero-order valence-electron chi connectivity index (χ0n) is 11.5. The van der Waals surface area contributed by atoms with E-state index in [2.05, 4.69) is 11.4 Å². The SMILES string of the molecule is N#Cc1c(N2C(=O)C3CCC(C3)C2=O)sc2c1CCNC2. The minimum atomic E-state index is -0.100. The highest BCUT2D eigenvalue weighted by Crippen LogP contribution is 2.44. The lowest BCUT2D eigenvalue weighted by molar-refractivity contribution is -0.132. The smallest absolute Gasteiger partial charge is 0.237 e. The van der Waals surface area contributed by atoms with E-state index < -0.39 is 0 Å². The Balaban J connectivity index is 1.83. The zero-order valence-corrected chi connectivity index (χ0v) is 12.3. The fourth-order valence-electron chi connectivity index (χ4n) is 3.70. The molecule has 21 heavy (non-hydrogen) atoms. The fourth-order valence-corrected chi connectivity index (χ4v) is 4.97. The molecule has 1 aromatic heterocycles. The van der Waals surface area contributed by atoms with Crippen LogP contribution < -0.4 is 10.2 Å². The van der Waals surface area contributed by atoms with Gasteiger partial charge in [0.05, 0.1) is 5.56 Å². The minimum absolute atomic E-state index is 0.0310. The molecule has 2 bridgehead atoms. The second kappa shape index (κ2) is 4.65. The number of carbonyl (C=O) groups is 2. The monoisotopic (exact) mass is 301 g/mol. The van der Waals surface area contributed by atoms with Gasteiger partial charge < -0.3 is 5.32 Å². The van der Waals surface area contributed by atoms with E-state index in [-0.39, 0.29) is 23.7 Å². The maximum Gasteiger partial charge on any atom is 0.237 e. The Hall–Kier alpha value is -1.71. The first-order valence-electron chi connectivity index (χ1n) is 7.34. The van der Waals surface area contributed by atoms with Crippen LogP contribution >= 0.6 is 11.3 Å². The number of hydrogen-bond donors (Lipinski definition) is 1. The third-order valence-electron chi connectivity index (χ3n) is 4.80. The van der Waals surface area contributed by atoms with Crippen LogP contribution in [0.5, 0.6) is 0 Å². The fraction of sp³-hybridized carbons (Fsp3) is 0.533. The third-order valence-corrected chi connectivity index (χ3v) is 6.01. The number of piperidine rings is 1. The maximum atomic E-state index is 12.6. The van der Waals surface area contributed by atoms with Gasteiger partial charge in [-0.1, -0.05) is 0 Å². The van der Waals surface area contributed by atoms with Gasteiger partial charge in [0.25, 0.3) is 0 Å². The topological polar surface area (TPSA) is 73.2 Å². The Morgan fingerprint density at radius 2 is 1.95 bits per heavy atom. The van der Waals surface area contributed by atoms with Crippen molar-refractivity contribution in [2.75, 3.05) is 11.4 Å². The van der Waals surface area contributed by atoms with Crippen molar-refractivity contribution in [3.05, 3.63) is 16.0 Å². The number of anilines is 1. The van der Waals surface area contributed by atoms with Crippen LogP contribution in [0, 0.1) is 23.2 Å². The molecule has 2 unspecified atom stereocenters. The van der Waals surface area contributed by atoms with Crippen molar-refractivity contribution in [3.63, 3.8) is 0 Å². The molecule has 6 heteroatoms. The maximum absolute atomic E-state index is 12.6. The summed E-state index contributed by atoms with van der Waals surface area (Å²) in [6, 6.07) is 2.23. The van der Waals surface area contributed by atoms with Crippen LogP contribution in [0.2, 0.25) is 0 Å². The molecule has 2 aliphatic heterocycles. The highest BCUT2D eigenvalue weighted by Gasteiger charge is 2.47. The molecule has 3 aliphatic rings. The van der Waals surface area contributed by atoms with E-state index in [9.17, 15) is 14.9 Å². The number of fused-ring (bicyclic) bond motifs is 3. The summed E-state index contributed by atoms with van der Waals surface area (Å²) < 4.78 is 0. The number of imide groups is 1. The predicted molar refractivity (Wildman–Crippen MR) is 77.8 cm³/mol. The van der Waals surface area contributed by atoms with Gasteiger partial charge in [0, 0.05) is 23.3 Å². The molecule has 4 rings (SSSR count). The average molecular weight is 301 g/mol. The van der Waals surface area contributed by atoms with Gasteiger partial charge in [-0.25, -0.2) is 4.90 Å². The molecule has 1 saturated heterocycles. The highest BCUT2D eigenvalue weighted by molar-refractivity contribution is 7.17. The van der Waals surface area contributed by atoms with Gasteiger partial charge >= 0.3 is 0 Å².